The van der Waals surface area contributed by atoms with Crippen LogP contribution in [0.15, 0.2) is 54.6 Å². The summed E-state index contributed by atoms with van der Waals surface area (Å²) in [6.45, 7) is 2.06. The van der Waals surface area contributed by atoms with Crippen molar-refractivity contribution in [3.05, 3.63) is 65.7 Å². The minimum Gasteiger partial charge on any atom is -0.324 e. The first kappa shape index (κ1) is 13.6. The molecule has 2 aromatic carbocycles. The topological polar surface area (TPSA) is 29.1 Å². The Morgan fingerprint density at radius 3 is 2.42 bits per heavy atom. The minimum absolute atomic E-state index is 0.200. The molecule has 0 fully saturated rings. The van der Waals surface area contributed by atoms with Crippen molar-refractivity contribution in [1.29, 1.82) is 0 Å². The van der Waals surface area contributed by atoms with Gasteiger partial charge in [-0.1, -0.05) is 55.5 Å². The van der Waals surface area contributed by atoms with Gasteiger partial charge in [0.1, 0.15) is 5.38 Å². The lowest BCUT2D eigenvalue weighted by atomic mass is 10.1. The molecule has 0 unspecified atom stereocenters. The third-order valence-corrected chi connectivity index (χ3v) is 3.43. The van der Waals surface area contributed by atoms with Crippen LogP contribution in [0.3, 0.4) is 0 Å². The molecule has 1 atom stereocenters. The molecule has 2 nitrogen and oxygen atoms in total. The number of nitrogens with one attached hydrogen (secondary N) is 1. The number of rotatable bonds is 4. The monoisotopic (exact) mass is 273 g/mol. The highest BCUT2D eigenvalue weighted by Gasteiger charge is 2.17. The smallest absolute Gasteiger partial charge is 0.246 e. The molecule has 0 bridgehead atoms. The van der Waals surface area contributed by atoms with Gasteiger partial charge < -0.3 is 5.32 Å². The van der Waals surface area contributed by atoms with Gasteiger partial charge in [-0.3, -0.25) is 4.79 Å². The number of anilines is 1. The summed E-state index contributed by atoms with van der Waals surface area (Å²) in [5.74, 6) is -0.200. The molecule has 2 rings (SSSR count). The standard InChI is InChI=1S/C16H16ClNO/c1-2-12-8-6-7-11-14(12)18-16(19)15(17)13-9-4-3-5-10-13/h3-11,15H,2H2,1H3,(H,18,19)/t15-/m1/s1. The van der Waals surface area contributed by atoms with Crippen LogP contribution >= 0.6 is 11.6 Å². The molecule has 0 radical (unpaired) electrons. The van der Waals surface area contributed by atoms with Crippen LogP contribution in [-0.4, -0.2) is 5.91 Å². The van der Waals surface area contributed by atoms with E-state index in [4.69, 9.17) is 11.6 Å². The maximum Gasteiger partial charge on any atom is 0.246 e. The Balaban J connectivity index is 2.13. The van der Waals surface area contributed by atoms with Gasteiger partial charge in [0.25, 0.3) is 0 Å². The van der Waals surface area contributed by atoms with Crippen molar-refractivity contribution >= 4 is 23.2 Å². The summed E-state index contributed by atoms with van der Waals surface area (Å²) in [5, 5.41) is 2.21. The van der Waals surface area contributed by atoms with Gasteiger partial charge in [0.15, 0.2) is 0 Å². The van der Waals surface area contributed by atoms with E-state index in [0.29, 0.717) is 0 Å². The van der Waals surface area contributed by atoms with E-state index in [1.807, 2.05) is 54.6 Å². The number of carbonyl (C=O) groups is 1. The Morgan fingerprint density at radius 2 is 1.74 bits per heavy atom. The summed E-state index contributed by atoms with van der Waals surface area (Å²) in [7, 11) is 0. The predicted octanol–water partition coefficient (Wildman–Crippen LogP) is 4.17. The lowest BCUT2D eigenvalue weighted by Gasteiger charge is -2.13. The van der Waals surface area contributed by atoms with Gasteiger partial charge in [-0.2, -0.15) is 0 Å². The van der Waals surface area contributed by atoms with Crippen LogP contribution in [0.25, 0.3) is 0 Å². The van der Waals surface area contributed by atoms with Crippen molar-refractivity contribution < 1.29 is 4.79 Å². The van der Waals surface area contributed by atoms with Gasteiger partial charge in [0, 0.05) is 5.69 Å². The first-order chi connectivity index (χ1) is 9.22. The van der Waals surface area contributed by atoms with Gasteiger partial charge in [0.05, 0.1) is 0 Å². The second-order valence-corrected chi connectivity index (χ2v) is 4.71. The van der Waals surface area contributed by atoms with Crippen molar-refractivity contribution in [2.45, 2.75) is 18.7 Å². The number of amides is 1. The number of alkyl halides is 1. The van der Waals surface area contributed by atoms with Crippen LogP contribution in [0.1, 0.15) is 23.4 Å². The second-order valence-electron chi connectivity index (χ2n) is 4.27. The lowest BCUT2D eigenvalue weighted by Crippen LogP contribution is -2.18. The van der Waals surface area contributed by atoms with E-state index in [1.54, 1.807) is 0 Å². The zero-order valence-electron chi connectivity index (χ0n) is 10.8. The number of para-hydroxylation sites is 1. The molecule has 98 valence electrons. The zero-order chi connectivity index (χ0) is 13.7. The van der Waals surface area contributed by atoms with Crippen LogP contribution in [0.5, 0.6) is 0 Å². The molecule has 0 aliphatic rings. The maximum atomic E-state index is 12.1. The van der Waals surface area contributed by atoms with Gasteiger partial charge in [0.2, 0.25) is 5.91 Å². The molecule has 0 saturated carbocycles. The van der Waals surface area contributed by atoms with E-state index < -0.39 is 5.38 Å². The second kappa shape index (κ2) is 6.39. The molecule has 2 aromatic rings. The van der Waals surface area contributed by atoms with Crippen LogP contribution in [-0.2, 0) is 11.2 Å². The number of aryl methyl sites for hydroxylation is 1. The molecular formula is C16H16ClNO. The molecule has 0 spiro atoms. The van der Waals surface area contributed by atoms with Crippen LogP contribution < -0.4 is 5.32 Å². The van der Waals surface area contributed by atoms with Crippen molar-refractivity contribution in [3.8, 4) is 0 Å². The maximum absolute atomic E-state index is 12.1. The van der Waals surface area contributed by atoms with Gasteiger partial charge in [-0.05, 0) is 23.6 Å². The van der Waals surface area contributed by atoms with Gasteiger partial charge in [-0.15, -0.1) is 11.6 Å². The third-order valence-electron chi connectivity index (χ3n) is 2.98. The average molecular weight is 274 g/mol. The summed E-state index contributed by atoms with van der Waals surface area (Å²) in [6, 6.07) is 17.1. The van der Waals surface area contributed by atoms with Crippen molar-refractivity contribution in [2.24, 2.45) is 0 Å². The molecule has 1 N–H and O–H groups in total. The van der Waals surface area contributed by atoms with Crippen LogP contribution in [0.4, 0.5) is 5.69 Å². The van der Waals surface area contributed by atoms with E-state index >= 15 is 0 Å². The highest BCUT2D eigenvalue weighted by Crippen LogP contribution is 2.23. The summed E-state index contributed by atoms with van der Waals surface area (Å²) in [6.07, 6.45) is 0.870. The van der Waals surface area contributed by atoms with E-state index in [0.717, 1.165) is 23.2 Å². The Labute approximate surface area is 118 Å². The molecular weight excluding hydrogens is 258 g/mol. The molecule has 0 saturated heterocycles. The van der Waals surface area contributed by atoms with E-state index in [1.165, 1.54) is 0 Å². The van der Waals surface area contributed by atoms with E-state index in [9.17, 15) is 4.79 Å². The summed E-state index contributed by atoms with van der Waals surface area (Å²) < 4.78 is 0. The fraction of sp³-hybridized carbons (Fsp3) is 0.188. The molecule has 3 heteroatoms. The van der Waals surface area contributed by atoms with Crippen LogP contribution in [0.2, 0.25) is 0 Å². The first-order valence-corrected chi connectivity index (χ1v) is 6.73. The minimum atomic E-state index is -0.675. The number of carbonyl (C=O) groups excluding carboxylic acids is 1. The van der Waals surface area contributed by atoms with Gasteiger partial charge >= 0.3 is 0 Å². The number of hydrogen-bond acceptors (Lipinski definition) is 1. The fourth-order valence-corrected chi connectivity index (χ4v) is 2.12. The van der Waals surface area contributed by atoms with E-state index in [2.05, 4.69) is 12.2 Å². The average Bonchev–Trinajstić information content (AvgIpc) is 2.48. The summed E-state index contributed by atoms with van der Waals surface area (Å²) in [4.78, 5) is 12.1. The van der Waals surface area contributed by atoms with Crippen molar-refractivity contribution in [3.63, 3.8) is 0 Å². The van der Waals surface area contributed by atoms with Crippen LogP contribution in [0, 0.1) is 0 Å². The lowest BCUT2D eigenvalue weighted by molar-refractivity contribution is -0.116. The quantitative estimate of drug-likeness (QED) is 0.833. The molecule has 0 heterocycles. The Kier molecular flexibility index (Phi) is 4.58. The Bertz CT molecular complexity index is 554. The zero-order valence-corrected chi connectivity index (χ0v) is 11.5. The Morgan fingerprint density at radius 1 is 1.11 bits per heavy atom. The summed E-state index contributed by atoms with van der Waals surface area (Å²) >= 11 is 6.19. The van der Waals surface area contributed by atoms with E-state index in [-0.39, 0.29) is 5.91 Å². The molecule has 0 aromatic heterocycles. The number of halogens is 1. The predicted molar refractivity (Wildman–Crippen MR) is 79.5 cm³/mol. The molecule has 1 amide bonds. The molecule has 19 heavy (non-hydrogen) atoms. The Hall–Kier alpha value is -1.80. The molecule has 0 aliphatic heterocycles. The fourth-order valence-electron chi connectivity index (χ4n) is 1.92. The normalized spacial score (nSPS) is 11.9. The number of benzene rings is 2. The SMILES string of the molecule is CCc1ccccc1NC(=O)[C@H](Cl)c1ccccc1. The van der Waals surface area contributed by atoms with Crippen molar-refractivity contribution in [1.82, 2.24) is 0 Å². The van der Waals surface area contributed by atoms with Gasteiger partial charge in [-0.25, -0.2) is 0 Å². The first-order valence-electron chi connectivity index (χ1n) is 6.30. The highest BCUT2D eigenvalue weighted by atomic mass is 35.5. The highest BCUT2D eigenvalue weighted by molar-refractivity contribution is 6.32. The third kappa shape index (κ3) is 3.36. The number of hydrogen-bond donors (Lipinski definition) is 1. The van der Waals surface area contributed by atoms with Crippen molar-refractivity contribution in [2.75, 3.05) is 5.32 Å². The summed E-state index contributed by atoms with van der Waals surface area (Å²) in [5.41, 5.74) is 2.74. The largest absolute Gasteiger partial charge is 0.324 e. The molecule has 0 aliphatic carbocycles.